The quantitative estimate of drug-likeness (QED) is 0.580. The minimum atomic E-state index is -0.545. The summed E-state index contributed by atoms with van der Waals surface area (Å²) in [7, 11) is 0. The first kappa shape index (κ1) is 13.6. The van der Waals surface area contributed by atoms with Gasteiger partial charge in [0, 0.05) is 12.3 Å². The third-order valence-electron chi connectivity index (χ3n) is 6.87. The van der Waals surface area contributed by atoms with Crippen LogP contribution in [-0.2, 0) is 18.9 Å². The van der Waals surface area contributed by atoms with Crippen LogP contribution in [0.5, 0.6) is 0 Å². The SMILES string of the molecule is CC1CC2CCC1C(CC13OC(=O)OC1C1OC1CC3C)O2. The summed E-state index contributed by atoms with van der Waals surface area (Å²) >= 11 is 0. The van der Waals surface area contributed by atoms with Crippen molar-refractivity contribution in [2.45, 2.75) is 82.1 Å². The molecule has 0 N–H and O–H groups in total. The van der Waals surface area contributed by atoms with E-state index in [0.29, 0.717) is 17.9 Å². The molecule has 5 heteroatoms. The third kappa shape index (κ3) is 1.75. The largest absolute Gasteiger partial charge is 0.509 e. The Balaban J connectivity index is 1.44. The van der Waals surface area contributed by atoms with E-state index < -0.39 is 11.8 Å². The van der Waals surface area contributed by atoms with E-state index in [-0.39, 0.29) is 30.3 Å². The van der Waals surface area contributed by atoms with Crippen molar-refractivity contribution in [1.29, 1.82) is 0 Å². The zero-order chi connectivity index (χ0) is 15.1. The third-order valence-corrected chi connectivity index (χ3v) is 6.87. The van der Waals surface area contributed by atoms with Crippen LogP contribution in [0, 0.1) is 17.8 Å². The van der Waals surface area contributed by atoms with Gasteiger partial charge in [0.2, 0.25) is 0 Å². The van der Waals surface area contributed by atoms with Gasteiger partial charge in [0.25, 0.3) is 0 Å². The normalized spacial score (nSPS) is 58.5. The van der Waals surface area contributed by atoms with E-state index in [1.807, 2.05) is 0 Å². The van der Waals surface area contributed by atoms with Crippen molar-refractivity contribution in [3.63, 3.8) is 0 Å². The van der Waals surface area contributed by atoms with Crippen molar-refractivity contribution in [2.75, 3.05) is 0 Å². The molecule has 0 aromatic heterocycles. The Hall–Kier alpha value is -0.810. The number of epoxide rings is 1. The Bertz CT molecular complexity index is 507. The number of carbonyl (C=O) groups is 1. The highest BCUT2D eigenvalue weighted by Crippen LogP contribution is 2.55. The summed E-state index contributed by atoms with van der Waals surface area (Å²) in [6, 6.07) is 0. The van der Waals surface area contributed by atoms with E-state index in [0.717, 1.165) is 12.8 Å². The molecule has 9 atom stereocenters. The fourth-order valence-corrected chi connectivity index (χ4v) is 5.59. The number of carbonyl (C=O) groups excluding carboxylic acids is 1. The first-order valence-corrected chi connectivity index (χ1v) is 8.77. The van der Waals surface area contributed by atoms with Gasteiger partial charge in [-0.1, -0.05) is 13.8 Å². The maximum atomic E-state index is 11.8. The van der Waals surface area contributed by atoms with Crippen molar-refractivity contribution in [3.05, 3.63) is 0 Å². The summed E-state index contributed by atoms with van der Waals surface area (Å²) in [5, 5.41) is 0. The highest BCUT2D eigenvalue weighted by molar-refractivity contribution is 5.64. The molecule has 22 heavy (non-hydrogen) atoms. The Morgan fingerprint density at radius 1 is 1.18 bits per heavy atom. The van der Waals surface area contributed by atoms with Gasteiger partial charge >= 0.3 is 6.16 Å². The van der Waals surface area contributed by atoms with Crippen LogP contribution in [-0.4, -0.2) is 42.3 Å². The van der Waals surface area contributed by atoms with Crippen LogP contribution >= 0.6 is 0 Å². The second-order valence-corrected chi connectivity index (χ2v) is 8.08. The molecule has 4 aliphatic heterocycles. The number of fused-ring (bicyclic) bond motifs is 6. The maximum absolute atomic E-state index is 11.8. The fraction of sp³-hybridized carbons (Fsp3) is 0.941. The van der Waals surface area contributed by atoms with Crippen molar-refractivity contribution >= 4 is 6.16 Å². The highest BCUT2D eigenvalue weighted by atomic mass is 16.8. The van der Waals surface area contributed by atoms with Gasteiger partial charge in [-0.25, -0.2) is 4.79 Å². The predicted octanol–water partition coefficient (Wildman–Crippen LogP) is 2.66. The molecule has 4 heterocycles. The van der Waals surface area contributed by atoms with E-state index in [2.05, 4.69) is 13.8 Å². The smallest absolute Gasteiger partial charge is 0.424 e. The van der Waals surface area contributed by atoms with Gasteiger partial charge in [-0.2, -0.15) is 0 Å². The number of hydrogen-bond acceptors (Lipinski definition) is 5. The molecule has 2 aliphatic carbocycles. The van der Waals surface area contributed by atoms with Gasteiger partial charge in [0.1, 0.15) is 6.10 Å². The summed E-state index contributed by atoms with van der Waals surface area (Å²) in [5.41, 5.74) is -0.545. The molecule has 0 aromatic rings. The molecule has 122 valence electrons. The molecule has 9 unspecified atom stereocenters. The zero-order valence-electron chi connectivity index (χ0n) is 13.2. The average Bonchev–Trinajstić information content (AvgIpc) is 3.14. The van der Waals surface area contributed by atoms with E-state index in [1.165, 1.54) is 19.3 Å². The van der Waals surface area contributed by atoms with Crippen LogP contribution in [0.4, 0.5) is 4.79 Å². The molecule has 6 fully saturated rings. The second-order valence-electron chi connectivity index (χ2n) is 8.08. The van der Waals surface area contributed by atoms with E-state index in [1.54, 1.807) is 0 Å². The molecule has 6 aliphatic rings. The van der Waals surface area contributed by atoms with Crippen LogP contribution in [0.15, 0.2) is 0 Å². The van der Waals surface area contributed by atoms with Gasteiger partial charge in [-0.3, -0.25) is 0 Å². The molecule has 6 rings (SSSR count). The van der Waals surface area contributed by atoms with Gasteiger partial charge in [-0.15, -0.1) is 0 Å². The molecule has 4 saturated heterocycles. The standard InChI is InChI=1S/C17H24O5/c1-8-5-10-3-4-11(8)13(19-10)7-17-9(2)6-12-14(20-12)15(17)21-16(18)22-17/h8-15H,3-7H2,1-2H3. The average molecular weight is 308 g/mol. The highest BCUT2D eigenvalue weighted by Gasteiger charge is 2.69. The van der Waals surface area contributed by atoms with Crippen molar-refractivity contribution in [2.24, 2.45) is 17.8 Å². The van der Waals surface area contributed by atoms with Gasteiger partial charge in [-0.05, 0) is 37.5 Å². The summed E-state index contributed by atoms with van der Waals surface area (Å²) < 4.78 is 23.3. The number of rotatable bonds is 2. The zero-order valence-corrected chi connectivity index (χ0v) is 13.2. The van der Waals surface area contributed by atoms with Crippen LogP contribution in [0.2, 0.25) is 0 Å². The molecule has 0 spiro atoms. The van der Waals surface area contributed by atoms with Crippen LogP contribution < -0.4 is 0 Å². The lowest BCUT2D eigenvalue weighted by molar-refractivity contribution is -0.179. The summed E-state index contributed by atoms with van der Waals surface area (Å²) in [6.45, 7) is 4.50. The minimum Gasteiger partial charge on any atom is -0.424 e. The molecule has 5 nitrogen and oxygen atoms in total. The maximum Gasteiger partial charge on any atom is 0.509 e. The molecule has 2 saturated carbocycles. The Morgan fingerprint density at radius 2 is 2.05 bits per heavy atom. The predicted molar refractivity (Wildman–Crippen MR) is 76.3 cm³/mol. The molecule has 0 aromatic carbocycles. The van der Waals surface area contributed by atoms with E-state index in [9.17, 15) is 4.79 Å². The molecule has 0 amide bonds. The fourth-order valence-electron chi connectivity index (χ4n) is 5.59. The number of hydrogen-bond donors (Lipinski definition) is 0. The van der Waals surface area contributed by atoms with Crippen molar-refractivity contribution < 1.29 is 23.7 Å². The van der Waals surface area contributed by atoms with Crippen LogP contribution in [0.3, 0.4) is 0 Å². The van der Waals surface area contributed by atoms with E-state index in [4.69, 9.17) is 18.9 Å². The van der Waals surface area contributed by atoms with Crippen molar-refractivity contribution in [1.82, 2.24) is 0 Å². The Morgan fingerprint density at radius 3 is 2.82 bits per heavy atom. The van der Waals surface area contributed by atoms with Crippen LogP contribution in [0.25, 0.3) is 0 Å². The first-order chi connectivity index (χ1) is 10.6. The number of ether oxygens (including phenoxy) is 4. The lowest BCUT2D eigenvalue weighted by atomic mass is 9.66. The lowest BCUT2D eigenvalue weighted by Crippen LogP contribution is -2.57. The van der Waals surface area contributed by atoms with Gasteiger partial charge < -0.3 is 18.9 Å². The lowest BCUT2D eigenvalue weighted by Gasteiger charge is -2.50. The minimum absolute atomic E-state index is 0.0425. The van der Waals surface area contributed by atoms with Crippen molar-refractivity contribution in [3.8, 4) is 0 Å². The molecule has 2 bridgehead atoms. The first-order valence-electron chi connectivity index (χ1n) is 8.77. The summed E-state index contributed by atoms with van der Waals surface area (Å²) in [5.74, 6) is 1.55. The van der Waals surface area contributed by atoms with Gasteiger partial charge in [0.05, 0.1) is 18.3 Å². The van der Waals surface area contributed by atoms with Gasteiger partial charge in [0.15, 0.2) is 11.7 Å². The molecular formula is C17H24O5. The van der Waals surface area contributed by atoms with E-state index >= 15 is 0 Å². The monoisotopic (exact) mass is 308 g/mol. The topological polar surface area (TPSA) is 57.3 Å². The molecular weight excluding hydrogens is 284 g/mol. The second kappa shape index (κ2) is 4.38. The summed E-state index contributed by atoms with van der Waals surface area (Å²) in [4.78, 5) is 11.8. The van der Waals surface area contributed by atoms with Crippen LogP contribution in [0.1, 0.15) is 46.0 Å². The molecule has 0 radical (unpaired) electrons. The Kier molecular flexibility index (Phi) is 2.71. The Labute approximate surface area is 130 Å². The summed E-state index contributed by atoms with van der Waals surface area (Å²) in [6.07, 6.45) is 5.43.